The van der Waals surface area contributed by atoms with Crippen LogP contribution in [0, 0.1) is 17.6 Å². The maximum Gasteiger partial charge on any atom is 0.319 e. The van der Waals surface area contributed by atoms with Gasteiger partial charge in [-0.3, -0.25) is 4.79 Å². The summed E-state index contributed by atoms with van der Waals surface area (Å²) in [7, 11) is 0. The van der Waals surface area contributed by atoms with E-state index in [2.05, 4.69) is 10.6 Å². The maximum absolute atomic E-state index is 13.0. The van der Waals surface area contributed by atoms with Crippen LogP contribution in [0.4, 0.5) is 19.3 Å². The molecule has 1 aromatic carbocycles. The second-order valence-electron chi connectivity index (χ2n) is 4.77. The fraction of sp³-hybridized carbons (Fsp3) is 0.385. The van der Waals surface area contributed by atoms with E-state index in [4.69, 9.17) is 5.11 Å². The molecular weight excluding hydrogens is 270 g/mol. The first-order chi connectivity index (χ1) is 9.45. The van der Waals surface area contributed by atoms with Crippen LogP contribution in [0.5, 0.6) is 0 Å². The molecule has 1 aliphatic rings. The third-order valence-corrected chi connectivity index (χ3v) is 3.08. The number of hydrogen-bond donors (Lipinski definition) is 3. The van der Waals surface area contributed by atoms with Crippen molar-refractivity contribution >= 4 is 17.7 Å². The third-order valence-electron chi connectivity index (χ3n) is 3.08. The van der Waals surface area contributed by atoms with Gasteiger partial charge in [-0.25, -0.2) is 13.6 Å². The van der Waals surface area contributed by atoms with Crippen LogP contribution >= 0.6 is 0 Å². The number of amides is 2. The van der Waals surface area contributed by atoms with Crippen molar-refractivity contribution in [1.29, 1.82) is 0 Å². The second-order valence-corrected chi connectivity index (χ2v) is 4.77. The van der Waals surface area contributed by atoms with Crippen LogP contribution in [-0.2, 0) is 4.79 Å². The monoisotopic (exact) mass is 284 g/mol. The number of rotatable bonds is 5. The van der Waals surface area contributed by atoms with Gasteiger partial charge in [0.25, 0.3) is 0 Å². The molecule has 1 unspecified atom stereocenters. The van der Waals surface area contributed by atoms with Crippen molar-refractivity contribution in [3.63, 3.8) is 0 Å². The van der Waals surface area contributed by atoms with Crippen LogP contribution in [0.3, 0.4) is 0 Å². The SMILES string of the molecule is O=C(O)CC(NC(=O)Nc1ccc(F)c(F)c1)C1CC1. The zero-order chi connectivity index (χ0) is 14.7. The van der Waals surface area contributed by atoms with Crippen molar-refractivity contribution in [2.75, 3.05) is 5.32 Å². The van der Waals surface area contributed by atoms with Gasteiger partial charge in [0.05, 0.1) is 6.42 Å². The average Bonchev–Trinajstić information content (AvgIpc) is 3.16. The van der Waals surface area contributed by atoms with E-state index in [-0.39, 0.29) is 18.0 Å². The Labute approximate surface area is 114 Å². The first-order valence-electron chi connectivity index (χ1n) is 6.20. The molecule has 1 atom stereocenters. The van der Waals surface area contributed by atoms with Gasteiger partial charge in [0.1, 0.15) is 0 Å². The summed E-state index contributed by atoms with van der Waals surface area (Å²) in [6.45, 7) is 0. The Hall–Kier alpha value is -2.18. The van der Waals surface area contributed by atoms with Crippen molar-refractivity contribution in [2.45, 2.75) is 25.3 Å². The van der Waals surface area contributed by atoms with E-state index in [9.17, 15) is 18.4 Å². The molecule has 0 spiro atoms. The lowest BCUT2D eigenvalue weighted by Gasteiger charge is -2.16. The zero-order valence-corrected chi connectivity index (χ0v) is 10.5. The number of benzene rings is 1. The van der Waals surface area contributed by atoms with Gasteiger partial charge < -0.3 is 15.7 Å². The predicted molar refractivity (Wildman–Crippen MR) is 67.3 cm³/mol. The Balaban J connectivity index is 1.93. The summed E-state index contributed by atoms with van der Waals surface area (Å²) >= 11 is 0. The topological polar surface area (TPSA) is 78.4 Å². The lowest BCUT2D eigenvalue weighted by Crippen LogP contribution is -2.40. The number of anilines is 1. The molecule has 1 aliphatic carbocycles. The van der Waals surface area contributed by atoms with Crippen molar-refractivity contribution < 1.29 is 23.5 Å². The summed E-state index contributed by atoms with van der Waals surface area (Å²) in [5.41, 5.74) is 0.103. The summed E-state index contributed by atoms with van der Waals surface area (Å²) < 4.78 is 25.7. The van der Waals surface area contributed by atoms with Gasteiger partial charge in [-0.05, 0) is 30.9 Å². The van der Waals surface area contributed by atoms with E-state index < -0.39 is 29.7 Å². The molecule has 0 aromatic heterocycles. The molecule has 1 fully saturated rings. The fourth-order valence-corrected chi connectivity index (χ4v) is 1.93. The molecule has 7 heteroatoms. The van der Waals surface area contributed by atoms with Gasteiger partial charge in [-0.2, -0.15) is 0 Å². The summed E-state index contributed by atoms with van der Waals surface area (Å²) in [5, 5.41) is 13.7. The summed E-state index contributed by atoms with van der Waals surface area (Å²) in [6, 6.07) is 1.91. The molecule has 1 saturated carbocycles. The quantitative estimate of drug-likeness (QED) is 0.776. The lowest BCUT2D eigenvalue weighted by atomic mass is 10.1. The van der Waals surface area contributed by atoms with Crippen LogP contribution in [0.2, 0.25) is 0 Å². The Kier molecular flexibility index (Phi) is 4.16. The number of aliphatic carboxylic acids is 1. The normalized spacial score (nSPS) is 15.5. The van der Waals surface area contributed by atoms with Crippen molar-refractivity contribution in [2.24, 2.45) is 5.92 Å². The first-order valence-corrected chi connectivity index (χ1v) is 6.20. The van der Waals surface area contributed by atoms with Crippen LogP contribution < -0.4 is 10.6 Å². The van der Waals surface area contributed by atoms with Gasteiger partial charge >= 0.3 is 12.0 Å². The Morgan fingerprint density at radius 1 is 1.30 bits per heavy atom. The second kappa shape index (κ2) is 5.85. The average molecular weight is 284 g/mol. The highest BCUT2D eigenvalue weighted by Gasteiger charge is 2.33. The molecule has 0 aliphatic heterocycles. The molecule has 0 radical (unpaired) electrons. The number of carbonyl (C=O) groups is 2. The van der Waals surface area contributed by atoms with Crippen LogP contribution in [0.25, 0.3) is 0 Å². The van der Waals surface area contributed by atoms with Crippen molar-refractivity contribution in [3.05, 3.63) is 29.8 Å². The number of carboxylic acids is 1. The number of carbonyl (C=O) groups excluding carboxylic acids is 1. The largest absolute Gasteiger partial charge is 0.481 e. The smallest absolute Gasteiger partial charge is 0.319 e. The van der Waals surface area contributed by atoms with E-state index >= 15 is 0 Å². The number of nitrogens with one attached hydrogen (secondary N) is 2. The minimum Gasteiger partial charge on any atom is -0.481 e. The number of urea groups is 1. The van der Waals surface area contributed by atoms with Gasteiger partial charge in [0, 0.05) is 17.8 Å². The van der Waals surface area contributed by atoms with E-state index in [1.54, 1.807) is 0 Å². The van der Waals surface area contributed by atoms with E-state index in [0.29, 0.717) is 0 Å². The summed E-state index contributed by atoms with van der Waals surface area (Å²) in [6.07, 6.45) is 1.60. The molecule has 2 amide bonds. The molecule has 0 heterocycles. The number of carboxylic acid groups (broad SMARTS) is 1. The highest BCUT2D eigenvalue weighted by molar-refractivity contribution is 5.89. The summed E-state index contributed by atoms with van der Waals surface area (Å²) in [4.78, 5) is 22.4. The molecular formula is C13H14F2N2O3. The zero-order valence-electron chi connectivity index (χ0n) is 10.5. The highest BCUT2D eigenvalue weighted by Crippen LogP contribution is 2.34. The fourth-order valence-electron chi connectivity index (χ4n) is 1.93. The van der Waals surface area contributed by atoms with E-state index in [1.165, 1.54) is 6.07 Å². The Morgan fingerprint density at radius 3 is 2.55 bits per heavy atom. The molecule has 108 valence electrons. The van der Waals surface area contributed by atoms with Gasteiger partial charge in [-0.1, -0.05) is 0 Å². The predicted octanol–water partition coefficient (Wildman–Crippen LogP) is 2.34. The Bertz CT molecular complexity index is 532. The van der Waals surface area contributed by atoms with E-state index in [1.807, 2.05) is 0 Å². The molecule has 5 nitrogen and oxygen atoms in total. The maximum atomic E-state index is 13.0. The van der Waals surface area contributed by atoms with E-state index in [0.717, 1.165) is 25.0 Å². The van der Waals surface area contributed by atoms with Crippen molar-refractivity contribution in [1.82, 2.24) is 5.32 Å². The molecule has 20 heavy (non-hydrogen) atoms. The minimum absolute atomic E-state index is 0.103. The minimum atomic E-state index is -1.06. The molecule has 0 bridgehead atoms. The number of halogens is 2. The molecule has 2 rings (SSSR count). The molecule has 1 aromatic rings. The van der Waals surface area contributed by atoms with Gasteiger partial charge in [0.2, 0.25) is 0 Å². The van der Waals surface area contributed by atoms with Crippen LogP contribution in [-0.4, -0.2) is 23.1 Å². The standard InChI is InChI=1S/C13H14F2N2O3/c14-9-4-3-8(5-10(9)15)16-13(20)17-11(6-12(18)19)7-1-2-7/h3-5,7,11H,1-2,6H2,(H,18,19)(H2,16,17,20). The molecule has 3 N–H and O–H groups in total. The highest BCUT2D eigenvalue weighted by atomic mass is 19.2. The van der Waals surface area contributed by atoms with Crippen LogP contribution in [0.15, 0.2) is 18.2 Å². The van der Waals surface area contributed by atoms with Gasteiger partial charge in [-0.15, -0.1) is 0 Å². The van der Waals surface area contributed by atoms with Gasteiger partial charge in [0.15, 0.2) is 11.6 Å². The Morgan fingerprint density at radius 2 is 2.00 bits per heavy atom. The first kappa shape index (κ1) is 14.2. The summed E-state index contributed by atoms with van der Waals surface area (Å²) in [5.74, 6) is -2.89. The molecule has 0 saturated heterocycles. The van der Waals surface area contributed by atoms with Crippen molar-refractivity contribution in [3.8, 4) is 0 Å². The number of hydrogen-bond acceptors (Lipinski definition) is 2. The third kappa shape index (κ3) is 3.91. The van der Waals surface area contributed by atoms with Crippen LogP contribution in [0.1, 0.15) is 19.3 Å². The lowest BCUT2D eigenvalue weighted by molar-refractivity contribution is -0.137.